The van der Waals surface area contributed by atoms with Gasteiger partial charge in [-0.1, -0.05) is 57.5 Å². The van der Waals surface area contributed by atoms with Crippen molar-refractivity contribution < 1.29 is 14.6 Å². The second-order valence-corrected chi connectivity index (χ2v) is 8.95. The van der Waals surface area contributed by atoms with Crippen LogP contribution in [0.1, 0.15) is 58.4 Å². The van der Waals surface area contributed by atoms with Crippen LogP contribution >= 0.6 is 0 Å². The molecule has 1 aromatic rings. The molecule has 4 nitrogen and oxygen atoms in total. The Hall–Kier alpha value is -1.39. The van der Waals surface area contributed by atoms with E-state index >= 15 is 0 Å². The van der Waals surface area contributed by atoms with E-state index in [9.17, 15) is 9.90 Å². The Morgan fingerprint density at radius 1 is 1.22 bits per heavy atom. The zero-order valence-corrected chi connectivity index (χ0v) is 17.1. The number of nitrogens with zero attached hydrogens (tertiary/aromatic N) is 1. The highest BCUT2D eigenvalue weighted by Gasteiger charge is 2.36. The van der Waals surface area contributed by atoms with Crippen molar-refractivity contribution in [3.63, 3.8) is 0 Å². The summed E-state index contributed by atoms with van der Waals surface area (Å²) in [6.45, 7) is 8.14. The van der Waals surface area contributed by atoms with Gasteiger partial charge in [-0.2, -0.15) is 0 Å². The van der Waals surface area contributed by atoms with Gasteiger partial charge < -0.3 is 14.7 Å². The smallest absolute Gasteiger partial charge is 0.248 e. The van der Waals surface area contributed by atoms with Crippen molar-refractivity contribution >= 4 is 5.91 Å². The van der Waals surface area contributed by atoms with Crippen LogP contribution in [0.2, 0.25) is 0 Å². The number of benzene rings is 1. The molecule has 0 bridgehead atoms. The van der Waals surface area contributed by atoms with Crippen molar-refractivity contribution in [1.82, 2.24) is 4.90 Å². The van der Waals surface area contributed by atoms with Gasteiger partial charge in [0.05, 0.1) is 11.7 Å². The number of ether oxygens (including phenoxy) is 1. The molecule has 0 unspecified atom stereocenters. The van der Waals surface area contributed by atoms with Crippen LogP contribution in [-0.4, -0.2) is 41.7 Å². The normalized spacial score (nSPS) is 28.3. The topological polar surface area (TPSA) is 49.8 Å². The molecule has 2 aliphatic rings. The number of likely N-dealkylation sites (tertiary alicyclic amines) is 1. The van der Waals surface area contributed by atoms with E-state index in [1.165, 1.54) is 12.8 Å². The Kier molecular flexibility index (Phi) is 6.59. The lowest BCUT2D eigenvalue weighted by Gasteiger charge is -2.40. The van der Waals surface area contributed by atoms with E-state index in [1.54, 1.807) is 0 Å². The molecule has 1 saturated heterocycles. The van der Waals surface area contributed by atoms with Crippen LogP contribution in [-0.2, 0) is 15.1 Å². The Morgan fingerprint density at radius 2 is 1.89 bits per heavy atom. The maximum Gasteiger partial charge on any atom is 0.248 e. The van der Waals surface area contributed by atoms with Gasteiger partial charge in [0, 0.05) is 13.1 Å². The van der Waals surface area contributed by atoms with E-state index in [-0.39, 0.29) is 18.6 Å². The summed E-state index contributed by atoms with van der Waals surface area (Å²) in [4.78, 5) is 14.5. The van der Waals surface area contributed by atoms with Crippen molar-refractivity contribution in [1.29, 1.82) is 0 Å². The molecule has 2 fully saturated rings. The largest absolute Gasteiger partial charge is 0.385 e. The van der Waals surface area contributed by atoms with Crippen LogP contribution in [0.15, 0.2) is 30.3 Å². The van der Waals surface area contributed by atoms with Gasteiger partial charge in [0.25, 0.3) is 0 Å². The van der Waals surface area contributed by atoms with Gasteiger partial charge in [0.1, 0.15) is 6.61 Å². The Balaban J connectivity index is 1.51. The van der Waals surface area contributed by atoms with E-state index in [2.05, 4.69) is 20.8 Å². The maximum atomic E-state index is 12.7. The number of carbonyl (C=O) groups excluding carboxylic acids is 1. The van der Waals surface area contributed by atoms with Crippen LogP contribution in [0.4, 0.5) is 0 Å². The lowest BCUT2D eigenvalue weighted by Crippen LogP contribution is -2.47. The second kappa shape index (κ2) is 8.74. The molecule has 0 spiro atoms. The molecule has 4 heteroatoms. The van der Waals surface area contributed by atoms with E-state index < -0.39 is 5.60 Å². The summed E-state index contributed by atoms with van der Waals surface area (Å²) in [5.41, 5.74) is 0.129. The van der Waals surface area contributed by atoms with Crippen LogP contribution in [0.25, 0.3) is 0 Å². The molecule has 1 aromatic carbocycles. The van der Waals surface area contributed by atoms with Crippen molar-refractivity contribution in [2.24, 2.45) is 17.8 Å². The fourth-order valence-corrected chi connectivity index (χ4v) is 4.74. The summed E-state index contributed by atoms with van der Waals surface area (Å²) < 4.78 is 6.13. The van der Waals surface area contributed by atoms with Crippen molar-refractivity contribution in [2.75, 3.05) is 19.7 Å². The van der Waals surface area contributed by atoms with Crippen LogP contribution in [0.3, 0.4) is 0 Å². The van der Waals surface area contributed by atoms with Gasteiger partial charge in [-0.25, -0.2) is 0 Å². The molecule has 1 N–H and O–H groups in total. The molecule has 1 heterocycles. The van der Waals surface area contributed by atoms with Gasteiger partial charge >= 0.3 is 0 Å². The minimum Gasteiger partial charge on any atom is -0.385 e. The Labute approximate surface area is 163 Å². The van der Waals surface area contributed by atoms with Gasteiger partial charge in [0.15, 0.2) is 0 Å². The van der Waals surface area contributed by atoms with Crippen LogP contribution in [0.5, 0.6) is 0 Å². The summed E-state index contributed by atoms with van der Waals surface area (Å²) >= 11 is 0. The number of carbonyl (C=O) groups is 1. The first kappa shape index (κ1) is 20.3. The first-order chi connectivity index (χ1) is 12.9. The van der Waals surface area contributed by atoms with E-state index in [4.69, 9.17) is 4.74 Å². The molecule has 1 aliphatic heterocycles. The highest BCUT2D eigenvalue weighted by molar-refractivity contribution is 5.77. The van der Waals surface area contributed by atoms with Crippen LogP contribution < -0.4 is 0 Å². The molecule has 0 radical (unpaired) electrons. The minimum absolute atomic E-state index is 0.0610. The fourth-order valence-electron chi connectivity index (χ4n) is 4.74. The maximum absolute atomic E-state index is 12.7. The molecule has 1 saturated carbocycles. The number of aliphatic hydroxyl groups is 1. The molecule has 1 aliphatic carbocycles. The molecule has 3 atom stereocenters. The fraction of sp³-hybridized carbons (Fsp3) is 0.696. The minimum atomic E-state index is -0.819. The average Bonchev–Trinajstić information content (AvgIpc) is 2.67. The predicted octanol–water partition coefficient (Wildman–Crippen LogP) is 3.97. The number of amides is 1. The molecular weight excluding hydrogens is 338 g/mol. The summed E-state index contributed by atoms with van der Waals surface area (Å²) in [5.74, 6) is 1.88. The van der Waals surface area contributed by atoms with Crippen molar-refractivity contribution in [2.45, 2.75) is 64.6 Å². The standard InChI is InChI=1S/C23H35NO3/c1-17(2)20-10-9-18(3)15-21(20)27-16-22(25)24-13-11-23(26,12-14-24)19-7-5-4-6-8-19/h4-8,17-18,20-21,26H,9-16H2,1-3H3/t18-,20+,21-/m0/s1. The molecule has 0 aromatic heterocycles. The molecule has 150 valence electrons. The first-order valence-corrected chi connectivity index (χ1v) is 10.6. The van der Waals surface area contributed by atoms with E-state index in [1.807, 2.05) is 35.2 Å². The zero-order chi connectivity index (χ0) is 19.4. The number of hydrogen-bond acceptors (Lipinski definition) is 3. The first-order valence-electron chi connectivity index (χ1n) is 10.6. The third-order valence-electron chi connectivity index (χ3n) is 6.64. The predicted molar refractivity (Wildman–Crippen MR) is 107 cm³/mol. The second-order valence-electron chi connectivity index (χ2n) is 8.95. The van der Waals surface area contributed by atoms with E-state index in [0.717, 1.165) is 12.0 Å². The summed E-state index contributed by atoms with van der Waals surface area (Å²) in [6, 6.07) is 9.80. The summed E-state index contributed by atoms with van der Waals surface area (Å²) in [5, 5.41) is 10.9. The lowest BCUT2D eigenvalue weighted by atomic mass is 9.75. The number of rotatable bonds is 5. The Morgan fingerprint density at radius 3 is 2.52 bits per heavy atom. The quantitative estimate of drug-likeness (QED) is 0.849. The lowest BCUT2D eigenvalue weighted by molar-refractivity contribution is -0.145. The molecular formula is C23H35NO3. The van der Waals surface area contributed by atoms with Gasteiger partial charge in [-0.15, -0.1) is 0 Å². The number of piperidine rings is 1. The molecule has 3 rings (SSSR count). The number of hydrogen-bond donors (Lipinski definition) is 1. The highest BCUT2D eigenvalue weighted by atomic mass is 16.5. The average molecular weight is 374 g/mol. The Bertz CT molecular complexity index is 607. The summed E-state index contributed by atoms with van der Waals surface area (Å²) in [6.07, 6.45) is 4.88. The highest BCUT2D eigenvalue weighted by Crippen LogP contribution is 2.36. The summed E-state index contributed by atoms with van der Waals surface area (Å²) in [7, 11) is 0. The van der Waals surface area contributed by atoms with E-state index in [0.29, 0.717) is 43.7 Å². The van der Waals surface area contributed by atoms with Crippen LogP contribution in [0, 0.1) is 17.8 Å². The zero-order valence-electron chi connectivity index (χ0n) is 17.1. The van der Waals surface area contributed by atoms with Gasteiger partial charge in [0.2, 0.25) is 5.91 Å². The third kappa shape index (κ3) is 4.91. The van der Waals surface area contributed by atoms with Gasteiger partial charge in [-0.3, -0.25) is 4.79 Å². The SMILES string of the molecule is CC(C)[C@H]1CC[C@H](C)C[C@@H]1OCC(=O)N1CCC(O)(c2ccccc2)CC1. The van der Waals surface area contributed by atoms with Crippen molar-refractivity contribution in [3.05, 3.63) is 35.9 Å². The molecule has 27 heavy (non-hydrogen) atoms. The molecule has 1 amide bonds. The monoisotopic (exact) mass is 373 g/mol. The van der Waals surface area contributed by atoms with Gasteiger partial charge in [-0.05, 0) is 49.0 Å². The van der Waals surface area contributed by atoms with Crippen molar-refractivity contribution in [3.8, 4) is 0 Å². The third-order valence-corrected chi connectivity index (χ3v) is 6.64.